The highest BCUT2D eigenvalue weighted by molar-refractivity contribution is 5.85. The number of nitrogens with one attached hydrogen (secondary N) is 1. The summed E-state index contributed by atoms with van der Waals surface area (Å²) in [5.74, 6) is -1.25. The van der Waals surface area contributed by atoms with Crippen LogP contribution in [0.4, 0.5) is 0 Å². The fraction of sp³-hybridized carbons (Fsp3) is 0.545. The maximum atomic E-state index is 11.6. The molecule has 2 N–H and O–H groups in total. The minimum absolute atomic E-state index is 0.0454. The third-order valence-corrected chi connectivity index (χ3v) is 2.52. The second-order valence-electron chi connectivity index (χ2n) is 3.78. The number of hydrogen-bond acceptors (Lipinski definition) is 3. The average Bonchev–Trinajstić information content (AvgIpc) is 2.74. The Bertz CT molecular complexity index is 396. The van der Waals surface area contributed by atoms with Gasteiger partial charge in [0.2, 0.25) is 5.91 Å². The minimum Gasteiger partial charge on any atom is -0.476 e. The minimum atomic E-state index is -1.09. The van der Waals surface area contributed by atoms with Crippen molar-refractivity contribution in [1.82, 2.24) is 15.1 Å². The lowest BCUT2D eigenvalue weighted by atomic mass is 10.2. The Hall–Kier alpha value is -1.85. The summed E-state index contributed by atoms with van der Waals surface area (Å²) in [6.07, 6.45) is 3.24. The highest BCUT2D eigenvalue weighted by atomic mass is 16.4. The van der Waals surface area contributed by atoms with E-state index in [4.69, 9.17) is 5.11 Å². The summed E-state index contributed by atoms with van der Waals surface area (Å²) in [4.78, 5) is 22.2. The summed E-state index contributed by atoms with van der Waals surface area (Å²) in [6.45, 7) is 4.06. The zero-order chi connectivity index (χ0) is 12.8. The predicted molar refractivity (Wildman–Crippen MR) is 61.7 cm³/mol. The highest BCUT2D eigenvalue weighted by Gasteiger charge is 2.11. The molecule has 6 nitrogen and oxygen atoms in total. The number of nitrogens with zero attached hydrogens (tertiary/aromatic N) is 2. The van der Waals surface area contributed by atoms with Crippen LogP contribution in [0, 0.1) is 0 Å². The van der Waals surface area contributed by atoms with Crippen LogP contribution in [0.2, 0.25) is 0 Å². The Morgan fingerprint density at radius 1 is 1.47 bits per heavy atom. The Balaban J connectivity index is 2.52. The van der Waals surface area contributed by atoms with Crippen molar-refractivity contribution in [3.63, 3.8) is 0 Å². The van der Waals surface area contributed by atoms with E-state index in [1.54, 1.807) is 0 Å². The van der Waals surface area contributed by atoms with Gasteiger partial charge in [-0.15, -0.1) is 0 Å². The lowest BCUT2D eigenvalue weighted by molar-refractivity contribution is -0.122. The number of carbonyl (C=O) groups is 2. The first-order valence-corrected chi connectivity index (χ1v) is 5.62. The number of aromatic carboxylic acids is 1. The molecule has 0 atom stereocenters. The van der Waals surface area contributed by atoms with Crippen molar-refractivity contribution in [2.75, 3.05) is 0 Å². The van der Waals surface area contributed by atoms with Crippen molar-refractivity contribution < 1.29 is 14.7 Å². The van der Waals surface area contributed by atoms with E-state index in [0.29, 0.717) is 0 Å². The molecule has 6 heteroatoms. The van der Waals surface area contributed by atoms with Crippen molar-refractivity contribution in [1.29, 1.82) is 0 Å². The van der Waals surface area contributed by atoms with Crippen molar-refractivity contribution in [3.8, 4) is 0 Å². The molecule has 0 aliphatic rings. The van der Waals surface area contributed by atoms with E-state index in [9.17, 15) is 9.59 Å². The number of rotatable bonds is 6. The van der Waals surface area contributed by atoms with Crippen LogP contribution in [0.1, 0.15) is 37.2 Å². The molecule has 0 spiro atoms. The topological polar surface area (TPSA) is 84.2 Å². The number of hydrogen-bond donors (Lipinski definition) is 2. The number of carbonyl (C=O) groups excluding carboxylic acids is 1. The maximum absolute atomic E-state index is 11.6. The molecule has 0 radical (unpaired) electrons. The summed E-state index contributed by atoms with van der Waals surface area (Å²) < 4.78 is 1.32. The third-order valence-electron chi connectivity index (χ3n) is 2.52. The van der Waals surface area contributed by atoms with Gasteiger partial charge in [-0.3, -0.25) is 9.48 Å². The summed E-state index contributed by atoms with van der Waals surface area (Å²) in [5.41, 5.74) is -0.0552. The molecule has 0 unspecified atom stereocenters. The molecule has 0 saturated carbocycles. The largest absolute Gasteiger partial charge is 0.476 e. The second-order valence-corrected chi connectivity index (χ2v) is 3.78. The molecule has 0 fully saturated rings. The van der Waals surface area contributed by atoms with Crippen LogP contribution in [0.25, 0.3) is 0 Å². The molecule has 17 heavy (non-hydrogen) atoms. The monoisotopic (exact) mass is 239 g/mol. The van der Waals surface area contributed by atoms with Crippen molar-refractivity contribution in [2.45, 2.75) is 39.3 Å². The molecule has 0 aliphatic heterocycles. The predicted octanol–water partition coefficient (Wildman–Crippen LogP) is 0.886. The third kappa shape index (κ3) is 3.90. The molecule has 1 aromatic rings. The van der Waals surface area contributed by atoms with Gasteiger partial charge in [0, 0.05) is 12.2 Å². The molecule has 94 valence electrons. The number of carboxylic acid groups (broad SMARTS) is 1. The molecule has 1 aromatic heterocycles. The fourth-order valence-electron chi connectivity index (χ4n) is 1.48. The molecule has 1 rings (SSSR count). The van der Waals surface area contributed by atoms with E-state index in [1.165, 1.54) is 16.9 Å². The number of aromatic nitrogens is 2. The van der Waals surface area contributed by atoms with Gasteiger partial charge in [-0.25, -0.2) is 4.79 Å². The smallest absolute Gasteiger partial charge is 0.356 e. The molecule has 0 aliphatic carbocycles. The zero-order valence-corrected chi connectivity index (χ0v) is 10.0. The zero-order valence-electron chi connectivity index (χ0n) is 10.0. The summed E-state index contributed by atoms with van der Waals surface area (Å²) in [7, 11) is 0. The van der Waals surface area contributed by atoms with Crippen molar-refractivity contribution in [2.24, 2.45) is 0 Å². The lowest BCUT2D eigenvalue weighted by Gasteiger charge is -2.14. The molecule has 0 aromatic carbocycles. The van der Waals surface area contributed by atoms with Gasteiger partial charge in [-0.05, 0) is 18.9 Å². The first-order chi connectivity index (χ1) is 8.06. The standard InChI is InChI=1S/C11H17N3O3/c1-3-8(4-2)12-10(15)7-14-6-5-9(13-14)11(16)17/h5-6,8H,3-4,7H2,1-2H3,(H,12,15)(H,16,17). The van der Waals surface area contributed by atoms with Gasteiger partial charge in [0.05, 0.1) is 0 Å². The molecular weight excluding hydrogens is 222 g/mol. The molecule has 1 amide bonds. The average molecular weight is 239 g/mol. The van der Waals surface area contributed by atoms with E-state index >= 15 is 0 Å². The van der Waals surface area contributed by atoms with Crippen LogP contribution in [-0.4, -0.2) is 32.8 Å². The first-order valence-electron chi connectivity index (χ1n) is 5.62. The van der Waals surface area contributed by atoms with E-state index in [2.05, 4.69) is 10.4 Å². The Morgan fingerprint density at radius 2 is 2.12 bits per heavy atom. The Labute approximate surface area is 99.6 Å². The normalized spacial score (nSPS) is 10.5. The van der Waals surface area contributed by atoms with Crippen LogP contribution in [0.3, 0.4) is 0 Å². The van der Waals surface area contributed by atoms with Crippen LogP contribution >= 0.6 is 0 Å². The van der Waals surface area contributed by atoms with Gasteiger partial charge in [-0.2, -0.15) is 5.10 Å². The number of amides is 1. The van der Waals surface area contributed by atoms with E-state index in [1.807, 2.05) is 13.8 Å². The van der Waals surface area contributed by atoms with Crippen molar-refractivity contribution in [3.05, 3.63) is 18.0 Å². The van der Waals surface area contributed by atoms with Crippen LogP contribution in [0.5, 0.6) is 0 Å². The molecule has 1 heterocycles. The molecule has 0 bridgehead atoms. The van der Waals surface area contributed by atoms with Gasteiger partial charge in [-0.1, -0.05) is 13.8 Å². The summed E-state index contributed by atoms with van der Waals surface area (Å²) in [5, 5.41) is 15.3. The van der Waals surface area contributed by atoms with Crippen LogP contribution in [-0.2, 0) is 11.3 Å². The van der Waals surface area contributed by atoms with Gasteiger partial charge in [0.1, 0.15) is 6.54 Å². The van der Waals surface area contributed by atoms with E-state index in [-0.39, 0.29) is 24.2 Å². The SMILES string of the molecule is CCC(CC)NC(=O)Cn1ccc(C(=O)O)n1. The van der Waals surface area contributed by atoms with Gasteiger partial charge < -0.3 is 10.4 Å². The fourth-order valence-corrected chi connectivity index (χ4v) is 1.48. The first kappa shape index (κ1) is 13.2. The highest BCUT2D eigenvalue weighted by Crippen LogP contribution is 1.98. The molecular formula is C11H17N3O3. The summed E-state index contributed by atoms with van der Waals surface area (Å²) in [6, 6.07) is 1.53. The van der Waals surface area contributed by atoms with Gasteiger partial charge in [0.25, 0.3) is 0 Å². The van der Waals surface area contributed by atoms with Gasteiger partial charge >= 0.3 is 5.97 Å². The Morgan fingerprint density at radius 3 is 2.59 bits per heavy atom. The molecule has 0 saturated heterocycles. The quantitative estimate of drug-likeness (QED) is 0.772. The van der Waals surface area contributed by atoms with Crippen LogP contribution in [0.15, 0.2) is 12.3 Å². The van der Waals surface area contributed by atoms with Crippen LogP contribution < -0.4 is 5.32 Å². The van der Waals surface area contributed by atoms with E-state index in [0.717, 1.165) is 12.8 Å². The Kier molecular flexibility index (Phi) is 4.68. The van der Waals surface area contributed by atoms with Crippen molar-refractivity contribution >= 4 is 11.9 Å². The maximum Gasteiger partial charge on any atom is 0.356 e. The lowest BCUT2D eigenvalue weighted by Crippen LogP contribution is -2.36. The van der Waals surface area contributed by atoms with Gasteiger partial charge in [0.15, 0.2) is 5.69 Å². The second kappa shape index (κ2) is 6.03. The number of carboxylic acids is 1. The summed E-state index contributed by atoms with van der Waals surface area (Å²) >= 11 is 0. The van der Waals surface area contributed by atoms with E-state index < -0.39 is 5.97 Å².